The molecule has 4 aromatic heterocycles. The molecule has 0 N–H and O–H groups in total. The Balaban J connectivity index is 1.68. The quantitative estimate of drug-likeness (QED) is 0.366. The zero-order valence-corrected chi connectivity index (χ0v) is 19.1. The average molecular weight is 444 g/mol. The van der Waals surface area contributed by atoms with Crippen LogP contribution in [0.15, 0.2) is 73.2 Å². The summed E-state index contributed by atoms with van der Waals surface area (Å²) in [7, 11) is 0. The number of benzene rings is 2. The number of aromatic nitrogens is 6. The Morgan fingerprint density at radius 2 is 1.76 bits per heavy atom. The number of hydrogen-bond donors (Lipinski definition) is 0. The van der Waals surface area contributed by atoms with Crippen LogP contribution in [0.5, 0.6) is 0 Å². The van der Waals surface area contributed by atoms with Gasteiger partial charge in [0.2, 0.25) is 5.78 Å². The highest BCUT2D eigenvalue weighted by Gasteiger charge is 2.22. The summed E-state index contributed by atoms with van der Waals surface area (Å²) in [6.45, 7) is 5.79. The Morgan fingerprint density at radius 3 is 2.50 bits per heavy atom. The number of pyridine rings is 2. The Hall–Kier alpha value is -4.57. The van der Waals surface area contributed by atoms with Crippen LogP contribution in [-0.2, 0) is 5.41 Å². The molecule has 0 atom stereocenters. The summed E-state index contributed by atoms with van der Waals surface area (Å²) in [6.07, 6.45) is 5.52. The maximum Gasteiger partial charge on any atom is 0.241 e. The third kappa shape index (κ3) is 2.89. The fraction of sp³-hybridized carbons (Fsp3) is 0.148. The molecule has 0 fully saturated rings. The zero-order chi connectivity index (χ0) is 23.4. The van der Waals surface area contributed by atoms with E-state index in [1.165, 1.54) is 0 Å². The largest absolute Gasteiger partial charge is 0.276 e. The van der Waals surface area contributed by atoms with Crippen molar-refractivity contribution < 1.29 is 0 Å². The smallest absolute Gasteiger partial charge is 0.241 e. The van der Waals surface area contributed by atoms with Crippen LogP contribution in [-0.4, -0.2) is 29.1 Å². The van der Waals surface area contributed by atoms with Gasteiger partial charge in [-0.1, -0.05) is 24.3 Å². The van der Waals surface area contributed by atoms with Crippen LogP contribution in [0.2, 0.25) is 0 Å². The second-order valence-electron chi connectivity index (χ2n) is 8.97. The van der Waals surface area contributed by atoms with Crippen LogP contribution < -0.4 is 0 Å². The van der Waals surface area contributed by atoms with Crippen LogP contribution in [0.3, 0.4) is 0 Å². The number of hydrogen-bond acceptors (Lipinski definition) is 5. The standard InChI is InChI=1S/C27H21N7/c1-17-31-32-26-33(17)24-15-30-23-11-6-18(19-5-4-12-29-14-19)13-22(23)25(24)34(26)21-9-7-20(8-10-21)27(2,3)16-28/h4-15H,1-3H3. The van der Waals surface area contributed by atoms with E-state index in [-0.39, 0.29) is 0 Å². The second kappa shape index (κ2) is 7.22. The summed E-state index contributed by atoms with van der Waals surface area (Å²) in [5, 5.41) is 19.4. The lowest BCUT2D eigenvalue weighted by atomic mass is 9.86. The third-order valence-electron chi connectivity index (χ3n) is 6.41. The lowest BCUT2D eigenvalue weighted by Gasteiger charge is -2.16. The molecule has 7 heteroatoms. The summed E-state index contributed by atoms with van der Waals surface area (Å²) >= 11 is 0. The summed E-state index contributed by atoms with van der Waals surface area (Å²) in [4.78, 5) is 9.01. The number of fused-ring (bicyclic) bond motifs is 5. The van der Waals surface area contributed by atoms with Gasteiger partial charge in [-0.05, 0) is 62.2 Å². The molecule has 6 aromatic rings. The predicted octanol–water partition coefficient (Wildman–Crippen LogP) is 5.39. The van der Waals surface area contributed by atoms with Gasteiger partial charge in [0.25, 0.3) is 0 Å². The lowest BCUT2D eigenvalue weighted by Crippen LogP contribution is -2.13. The first-order chi connectivity index (χ1) is 16.5. The van der Waals surface area contributed by atoms with Gasteiger partial charge in [-0.2, -0.15) is 5.26 Å². The number of rotatable bonds is 3. The van der Waals surface area contributed by atoms with Crippen LogP contribution >= 0.6 is 0 Å². The van der Waals surface area contributed by atoms with Crippen LogP contribution in [0, 0.1) is 18.3 Å². The van der Waals surface area contributed by atoms with Gasteiger partial charge in [-0.3, -0.25) is 18.9 Å². The minimum atomic E-state index is -0.562. The van der Waals surface area contributed by atoms with Crippen molar-refractivity contribution in [3.8, 4) is 22.9 Å². The number of aryl methyl sites for hydroxylation is 1. The van der Waals surface area contributed by atoms with E-state index in [2.05, 4.69) is 44.0 Å². The van der Waals surface area contributed by atoms with Crippen molar-refractivity contribution in [3.63, 3.8) is 0 Å². The molecule has 0 aliphatic heterocycles. The molecule has 0 unspecified atom stereocenters. The first-order valence-corrected chi connectivity index (χ1v) is 11.1. The molecular formula is C27H21N7. The Bertz CT molecular complexity index is 1730. The van der Waals surface area contributed by atoms with E-state index in [0.29, 0.717) is 0 Å². The number of nitriles is 1. The zero-order valence-electron chi connectivity index (χ0n) is 19.1. The van der Waals surface area contributed by atoms with Crippen molar-refractivity contribution in [1.82, 2.24) is 29.1 Å². The first-order valence-electron chi connectivity index (χ1n) is 11.1. The normalized spacial score (nSPS) is 11.9. The maximum atomic E-state index is 9.54. The highest BCUT2D eigenvalue weighted by atomic mass is 15.3. The van der Waals surface area contributed by atoms with Crippen LogP contribution in [0.4, 0.5) is 0 Å². The molecule has 0 aliphatic carbocycles. The highest BCUT2D eigenvalue weighted by molar-refractivity contribution is 6.06. The molecule has 0 saturated heterocycles. The van der Waals surface area contributed by atoms with Gasteiger partial charge in [0, 0.05) is 29.0 Å². The second-order valence-corrected chi connectivity index (χ2v) is 8.97. The fourth-order valence-corrected chi connectivity index (χ4v) is 4.49. The monoisotopic (exact) mass is 443 g/mol. The van der Waals surface area contributed by atoms with E-state index in [9.17, 15) is 5.26 Å². The predicted molar refractivity (Wildman–Crippen MR) is 132 cm³/mol. The van der Waals surface area contributed by atoms with Crippen molar-refractivity contribution in [2.75, 3.05) is 0 Å². The summed E-state index contributed by atoms with van der Waals surface area (Å²) < 4.78 is 4.15. The number of imidazole rings is 1. The molecule has 0 aliphatic rings. The van der Waals surface area contributed by atoms with Crippen molar-refractivity contribution in [3.05, 3.63) is 84.6 Å². The van der Waals surface area contributed by atoms with Gasteiger partial charge < -0.3 is 0 Å². The van der Waals surface area contributed by atoms with Crippen molar-refractivity contribution in [2.24, 2.45) is 0 Å². The van der Waals surface area contributed by atoms with Crippen molar-refractivity contribution in [1.29, 1.82) is 5.26 Å². The van der Waals surface area contributed by atoms with Gasteiger partial charge in [-0.25, -0.2) is 0 Å². The summed E-state index contributed by atoms with van der Waals surface area (Å²) in [5.74, 6) is 1.52. The molecule has 0 bridgehead atoms. The molecule has 164 valence electrons. The van der Waals surface area contributed by atoms with E-state index in [0.717, 1.165) is 55.9 Å². The average Bonchev–Trinajstić information content (AvgIpc) is 3.42. The molecule has 2 aromatic carbocycles. The summed E-state index contributed by atoms with van der Waals surface area (Å²) in [5.41, 5.74) is 6.32. The molecule has 6 rings (SSSR count). The molecule has 0 saturated carbocycles. The minimum Gasteiger partial charge on any atom is -0.276 e. The topological polar surface area (TPSA) is 84.7 Å². The number of nitrogens with zero attached hydrogens (tertiary/aromatic N) is 7. The first kappa shape index (κ1) is 20.1. The van der Waals surface area contributed by atoms with Gasteiger partial charge in [0.1, 0.15) is 5.82 Å². The molecule has 0 amide bonds. The third-order valence-corrected chi connectivity index (χ3v) is 6.41. The van der Waals surface area contributed by atoms with Crippen molar-refractivity contribution >= 4 is 27.7 Å². The van der Waals surface area contributed by atoms with E-state index < -0.39 is 5.41 Å². The fourth-order valence-electron chi connectivity index (χ4n) is 4.49. The molecule has 34 heavy (non-hydrogen) atoms. The Labute approximate surface area is 196 Å². The molecule has 7 nitrogen and oxygen atoms in total. The molecule has 0 radical (unpaired) electrons. The van der Waals surface area contributed by atoms with E-state index in [1.807, 2.05) is 74.0 Å². The molecule has 0 spiro atoms. The van der Waals surface area contributed by atoms with Gasteiger partial charge >= 0.3 is 0 Å². The molecule has 4 heterocycles. The van der Waals surface area contributed by atoms with E-state index >= 15 is 0 Å². The van der Waals surface area contributed by atoms with Crippen molar-refractivity contribution in [2.45, 2.75) is 26.2 Å². The maximum absolute atomic E-state index is 9.54. The van der Waals surface area contributed by atoms with E-state index in [1.54, 1.807) is 6.20 Å². The Morgan fingerprint density at radius 1 is 0.941 bits per heavy atom. The van der Waals surface area contributed by atoms with Crippen LogP contribution in [0.1, 0.15) is 25.2 Å². The van der Waals surface area contributed by atoms with Crippen LogP contribution in [0.25, 0.3) is 44.5 Å². The SMILES string of the molecule is Cc1nnc2n(-c3ccc(C(C)(C)C#N)cc3)c3c4cc(-c5cccnc5)ccc4ncc3n12. The summed E-state index contributed by atoms with van der Waals surface area (Å²) in [6, 6.07) is 20.7. The highest BCUT2D eigenvalue weighted by Crippen LogP contribution is 2.33. The van der Waals surface area contributed by atoms with Gasteiger partial charge in [0.15, 0.2) is 0 Å². The Kier molecular flexibility index (Phi) is 4.26. The lowest BCUT2D eigenvalue weighted by molar-refractivity contribution is 0.687. The van der Waals surface area contributed by atoms with Gasteiger partial charge in [-0.15, -0.1) is 10.2 Å². The van der Waals surface area contributed by atoms with E-state index in [4.69, 9.17) is 4.98 Å². The minimum absolute atomic E-state index is 0.562. The van der Waals surface area contributed by atoms with Gasteiger partial charge in [0.05, 0.1) is 34.2 Å². The molecular weight excluding hydrogens is 422 g/mol.